The summed E-state index contributed by atoms with van der Waals surface area (Å²) in [6.07, 6.45) is 4.00. The van der Waals surface area contributed by atoms with Gasteiger partial charge in [0.15, 0.2) is 0 Å². The van der Waals surface area contributed by atoms with Gasteiger partial charge in [0.05, 0.1) is 12.0 Å². The minimum absolute atomic E-state index is 0.0146. The Morgan fingerprint density at radius 3 is 2.42 bits per heavy atom. The first kappa shape index (κ1) is 23.8. The van der Waals surface area contributed by atoms with Crippen molar-refractivity contribution in [3.63, 3.8) is 0 Å². The Morgan fingerprint density at radius 1 is 1.15 bits per heavy atom. The van der Waals surface area contributed by atoms with Gasteiger partial charge < -0.3 is 27.0 Å². The number of nitrogens with two attached hydrogens (primary N) is 2. The number of nitrogens with zero attached hydrogens (tertiary/aromatic N) is 1. The number of hydrogen-bond donors (Lipinski definition) is 4. The van der Waals surface area contributed by atoms with E-state index >= 15 is 0 Å². The lowest BCUT2D eigenvalue weighted by Gasteiger charge is -2.54. The maximum atomic E-state index is 14.8. The molecular weight excluding hydrogens is 436 g/mol. The second-order valence-electron chi connectivity index (χ2n) is 10.1. The van der Waals surface area contributed by atoms with Crippen LogP contribution in [0.25, 0.3) is 0 Å². The van der Waals surface area contributed by atoms with Crippen LogP contribution in [0.4, 0.5) is 8.78 Å². The van der Waals surface area contributed by atoms with Gasteiger partial charge in [0.1, 0.15) is 12.1 Å². The number of alkyl halides is 2. The Morgan fingerprint density at radius 2 is 1.88 bits per heavy atom. The molecule has 0 aromatic rings. The van der Waals surface area contributed by atoms with Gasteiger partial charge in [-0.1, -0.05) is 19.3 Å². The molecule has 5 fully saturated rings. The van der Waals surface area contributed by atoms with E-state index in [1.807, 2.05) is 0 Å². The molecule has 2 bridgehead atoms. The molecule has 0 unspecified atom stereocenters. The molecule has 0 spiro atoms. The summed E-state index contributed by atoms with van der Waals surface area (Å²) in [4.78, 5) is 51.7. The molecule has 11 heteroatoms. The van der Waals surface area contributed by atoms with E-state index in [0.29, 0.717) is 31.7 Å². The highest BCUT2D eigenvalue weighted by Gasteiger charge is 2.61. The molecule has 5 aliphatic rings. The summed E-state index contributed by atoms with van der Waals surface area (Å²) in [5, 5.41) is 5.13. The lowest BCUT2D eigenvalue weighted by molar-refractivity contribution is -0.195. The van der Waals surface area contributed by atoms with E-state index in [-0.39, 0.29) is 18.7 Å². The highest BCUT2D eigenvalue weighted by atomic mass is 19.3. The molecule has 184 valence electrons. The van der Waals surface area contributed by atoms with Gasteiger partial charge in [-0.15, -0.1) is 0 Å². The van der Waals surface area contributed by atoms with Gasteiger partial charge in [-0.05, 0) is 38.0 Å². The van der Waals surface area contributed by atoms with Crippen LogP contribution in [-0.2, 0) is 19.2 Å². The smallest absolute Gasteiger partial charge is 0.255 e. The van der Waals surface area contributed by atoms with E-state index in [1.165, 1.54) is 4.90 Å². The van der Waals surface area contributed by atoms with Crippen LogP contribution in [0.5, 0.6) is 0 Å². The van der Waals surface area contributed by atoms with Crippen LogP contribution >= 0.6 is 0 Å². The quantitative estimate of drug-likeness (QED) is 0.395. The fourth-order valence-electron chi connectivity index (χ4n) is 5.86. The first-order valence-corrected chi connectivity index (χ1v) is 11.9. The highest BCUT2D eigenvalue weighted by Crippen LogP contribution is 2.49. The van der Waals surface area contributed by atoms with Crippen molar-refractivity contribution in [2.24, 2.45) is 29.2 Å². The minimum Gasteiger partial charge on any atom is -0.368 e. The van der Waals surface area contributed by atoms with Crippen molar-refractivity contribution in [1.82, 2.24) is 15.5 Å². The zero-order valence-corrected chi connectivity index (χ0v) is 18.6. The summed E-state index contributed by atoms with van der Waals surface area (Å²) in [6.45, 7) is 0.461. The van der Waals surface area contributed by atoms with Crippen molar-refractivity contribution in [2.75, 3.05) is 6.54 Å². The predicted molar refractivity (Wildman–Crippen MR) is 114 cm³/mol. The van der Waals surface area contributed by atoms with E-state index in [0.717, 1.165) is 19.3 Å². The number of halogens is 2. The lowest BCUT2D eigenvalue weighted by atomic mass is 9.71. The first-order valence-electron chi connectivity index (χ1n) is 11.9. The van der Waals surface area contributed by atoms with Gasteiger partial charge in [0.25, 0.3) is 5.92 Å². The van der Waals surface area contributed by atoms with E-state index in [1.54, 1.807) is 0 Å². The molecule has 3 heterocycles. The molecule has 9 nitrogen and oxygen atoms in total. The molecule has 3 aliphatic heterocycles. The normalized spacial score (nSPS) is 32.6. The summed E-state index contributed by atoms with van der Waals surface area (Å²) in [5.74, 6) is -7.03. The third-order valence-electron chi connectivity index (χ3n) is 7.93. The fraction of sp³-hybridized carbons (Fsp3) is 0.818. The van der Waals surface area contributed by atoms with Crippen molar-refractivity contribution in [2.45, 2.75) is 87.9 Å². The summed E-state index contributed by atoms with van der Waals surface area (Å²) < 4.78 is 29.6. The van der Waals surface area contributed by atoms with Gasteiger partial charge in [-0.25, -0.2) is 8.78 Å². The third-order valence-corrected chi connectivity index (χ3v) is 7.93. The second-order valence-corrected chi connectivity index (χ2v) is 10.1. The summed E-state index contributed by atoms with van der Waals surface area (Å²) in [6, 6.07) is -4.26. The van der Waals surface area contributed by atoms with Crippen molar-refractivity contribution in [3.05, 3.63) is 0 Å². The Bertz CT molecular complexity index is 821. The van der Waals surface area contributed by atoms with Crippen LogP contribution < -0.4 is 22.1 Å². The molecule has 2 aliphatic carbocycles. The molecule has 33 heavy (non-hydrogen) atoms. The summed E-state index contributed by atoms with van der Waals surface area (Å²) >= 11 is 0. The van der Waals surface area contributed by atoms with Crippen molar-refractivity contribution >= 4 is 23.6 Å². The molecule has 0 aromatic heterocycles. The average molecular weight is 470 g/mol. The van der Waals surface area contributed by atoms with Gasteiger partial charge in [0, 0.05) is 24.9 Å². The van der Waals surface area contributed by atoms with Crippen molar-refractivity contribution in [3.8, 4) is 0 Å². The van der Waals surface area contributed by atoms with Crippen LogP contribution in [0.3, 0.4) is 0 Å². The van der Waals surface area contributed by atoms with E-state index in [9.17, 15) is 28.0 Å². The topological polar surface area (TPSA) is 148 Å². The number of nitrogens with one attached hydrogen (secondary N) is 2. The molecule has 6 atom stereocenters. The van der Waals surface area contributed by atoms with Crippen molar-refractivity contribution in [1.29, 1.82) is 0 Å². The number of carbonyl (C=O) groups excluding carboxylic acids is 4. The van der Waals surface area contributed by atoms with Crippen LogP contribution in [0.1, 0.15) is 57.8 Å². The molecule has 5 rings (SSSR count). The maximum absolute atomic E-state index is 14.8. The standard InChI is InChI=1S/C22H33F2N5O4/c23-22(24)10-13-4-5-14(22)17(29(13)21(33)15(25)8-11-2-1-3-11)20(32)28-16(18(26)30)9-12-6-7-27-19(12)31/h11-17H,1-10,25H2,(H2,26,30)(H,27,31)(H,28,32)/t12-,13-,14-,15-,16-,17-/m0/s1. The molecule has 3 saturated heterocycles. The SMILES string of the molecule is NC(=O)[C@H](C[C@@H]1CCNC1=O)NC(=O)[C@@H]1[C@@H]2CC[C@@H](CC2(F)F)N1C(=O)[C@@H](N)CC1CCC1. The van der Waals surface area contributed by atoms with E-state index in [4.69, 9.17) is 11.5 Å². The monoisotopic (exact) mass is 469 g/mol. The van der Waals surface area contributed by atoms with Gasteiger partial charge in [0.2, 0.25) is 23.6 Å². The number of carbonyl (C=O) groups is 4. The molecule has 0 radical (unpaired) electrons. The number of amides is 4. The van der Waals surface area contributed by atoms with Crippen LogP contribution in [0, 0.1) is 17.8 Å². The number of primary amides is 1. The third kappa shape index (κ3) is 4.69. The molecular formula is C22H33F2N5O4. The summed E-state index contributed by atoms with van der Waals surface area (Å²) in [5.41, 5.74) is 11.6. The summed E-state index contributed by atoms with van der Waals surface area (Å²) in [7, 11) is 0. The fourth-order valence-corrected chi connectivity index (χ4v) is 5.86. The minimum atomic E-state index is -3.10. The molecule has 6 N–H and O–H groups in total. The predicted octanol–water partition coefficient (Wildman–Crippen LogP) is 0.0150. The van der Waals surface area contributed by atoms with Crippen LogP contribution in [0.2, 0.25) is 0 Å². The van der Waals surface area contributed by atoms with E-state index < -0.39 is 66.1 Å². The van der Waals surface area contributed by atoms with Gasteiger partial charge >= 0.3 is 0 Å². The zero-order valence-electron chi connectivity index (χ0n) is 18.6. The lowest BCUT2D eigenvalue weighted by Crippen LogP contribution is -2.70. The molecule has 4 amide bonds. The second kappa shape index (κ2) is 9.15. The molecule has 0 aromatic carbocycles. The number of fused-ring (bicyclic) bond motifs is 3. The zero-order chi connectivity index (χ0) is 23.9. The van der Waals surface area contributed by atoms with Gasteiger partial charge in [-0.2, -0.15) is 0 Å². The largest absolute Gasteiger partial charge is 0.368 e. The van der Waals surface area contributed by atoms with Crippen molar-refractivity contribution < 1.29 is 28.0 Å². The number of piperidine rings is 2. The first-order chi connectivity index (χ1) is 15.6. The Kier molecular flexibility index (Phi) is 6.61. The number of rotatable bonds is 8. The Hall–Kier alpha value is -2.30. The van der Waals surface area contributed by atoms with E-state index in [2.05, 4.69) is 10.6 Å². The Balaban J connectivity index is 1.52. The van der Waals surface area contributed by atoms with Crippen LogP contribution in [0.15, 0.2) is 0 Å². The average Bonchev–Trinajstić information content (AvgIpc) is 3.12. The van der Waals surface area contributed by atoms with Crippen LogP contribution in [-0.4, -0.2) is 65.2 Å². The highest BCUT2D eigenvalue weighted by molar-refractivity contribution is 5.94. The number of hydrogen-bond acceptors (Lipinski definition) is 5. The molecule has 2 saturated carbocycles. The van der Waals surface area contributed by atoms with Gasteiger partial charge in [-0.3, -0.25) is 19.2 Å². The maximum Gasteiger partial charge on any atom is 0.255 e. The Labute approximate surface area is 191 Å².